The van der Waals surface area contributed by atoms with Gasteiger partial charge in [-0.15, -0.1) is 0 Å². The number of rotatable bonds is 7. The molecule has 3 nitrogen and oxygen atoms in total. The van der Waals surface area contributed by atoms with Crippen LogP contribution in [0.3, 0.4) is 0 Å². The number of nitriles is 1. The summed E-state index contributed by atoms with van der Waals surface area (Å²) >= 11 is 0. The van der Waals surface area contributed by atoms with Gasteiger partial charge in [0.05, 0.1) is 12.2 Å². The quantitative estimate of drug-likeness (QED) is 0.817. The van der Waals surface area contributed by atoms with E-state index in [1.165, 1.54) is 5.39 Å². The third-order valence-electron chi connectivity index (χ3n) is 4.01. The number of nitrogens with zero attached hydrogens (tertiary/aromatic N) is 1. The lowest BCUT2D eigenvalue weighted by Crippen LogP contribution is -2.32. The van der Waals surface area contributed by atoms with Crippen LogP contribution in [-0.4, -0.2) is 18.2 Å². The van der Waals surface area contributed by atoms with Gasteiger partial charge in [-0.25, -0.2) is 0 Å². The summed E-state index contributed by atoms with van der Waals surface area (Å²) < 4.78 is 0. The molecule has 0 aliphatic rings. The molecule has 0 heterocycles. The van der Waals surface area contributed by atoms with E-state index in [4.69, 9.17) is 5.26 Å². The molecular formula is C19H24N2O. The Hall–Kier alpha value is -1.89. The zero-order valence-electron chi connectivity index (χ0n) is 13.3. The van der Waals surface area contributed by atoms with E-state index in [1.807, 2.05) is 30.3 Å². The first-order valence-electron chi connectivity index (χ1n) is 7.76. The Kier molecular flexibility index (Phi) is 5.54. The first kappa shape index (κ1) is 16.5. The van der Waals surface area contributed by atoms with Gasteiger partial charge >= 0.3 is 0 Å². The minimum Gasteiger partial charge on any atom is -0.387 e. The van der Waals surface area contributed by atoms with Gasteiger partial charge in [0.2, 0.25) is 0 Å². The van der Waals surface area contributed by atoms with Crippen LogP contribution in [0.5, 0.6) is 0 Å². The van der Waals surface area contributed by atoms with Gasteiger partial charge < -0.3 is 10.4 Å². The van der Waals surface area contributed by atoms with Crippen molar-refractivity contribution < 1.29 is 5.11 Å². The third-order valence-corrected chi connectivity index (χ3v) is 4.01. The van der Waals surface area contributed by atoms with Crippen LogP contribution >= 0.6 is 0 Å². The molecule has 0 saturated carbocycles. The molecule has 0 aliphatic heterocycles. The van der Waals surface area contributed by atoms with Crippen molar-refractivity contribution in [2.45, 2.75) is 32.8 Å². The van der Waals surface area contributed by atoms with Crippen molar-refractivity contribution in [3.63, 3.8) is 0 Å². The van der Waals surface area contributed by atoms with Crippen molar-refractivity contribution in [2.75, 3.05) is 13.1 Å². The van der Waals surface area contributed by atoms with Gasteiger partial charge in [-0.2, -0.15) is 5.26 Å². The minimum absolute atomic E-state index is 0.0683. The SMILES string of the molecule is CC(C)(CCC#N)CNCC(O)c1ccc2ccccc2c1. The van der Waals surface area contributed by atoms with Gasteiger partial charge in [0, 0.05) is 19.5 Å². The summed E-state index contributed by atoms with van der Waals surface area (Å²) in [6.45, 7) is 5.59. The Balaban J connectivity index is 1.91. The molecule has 2 rings (SSSR count). The second-order valence-electron chi connectivity index (χ2n) is 6.58. The molecule has 0 saturated heterocycles. The molecule has 2 aromatic carbocycles. The molecular weight excluding hydrogens is 272 g/mol. The van der Waals surface area contributed by atoms with Crippen molar-refractivity contribution in [3.05, 3.63) is 48.0 Å². The van der Waals surface area contributed by atoms with Crippen LogP contribution in [0.4, 0.5) is 0 Å². The number of aliphatic hydroxyl groups is 1. The second-order valence-corrected chi connectivity index (χ2v) is 6.58. The monoisotopic (exact) mass is 296 g/mol. The van der Waals surface area contributed by atoms with E-state index in [0.29, 0.717) is 13.0 Å². The van der Waals surface area contributed by atoms with Gasteiger partial charge in [-0.05, 0) is 34.2 Å². The zero-order valence-corrected chi connectivity index (χ0v) is 13.3. The maximum Gasteiger partial charge on any atom is 0.0914 e. The van der Waals surface area contributed by atoms with Crippen molar-refractivity contribution in [1.29, 1.82) is 5.26 Å². The largest absolute Gasteiger partial charge is 0.387 e. The van der Waals surface area contributed by atoms with Crippen molar-refractivity contribution in [3.8, 4) is 6.07 Å². The summed E-state index contributed by atoms with van der Waals surface area (Å²) in [5, 5.41) is 24.7. The Bertz CT molecular complexity index is 658. The van der Waals surface area contributed by atoms with E-state index in [2.05, 4.69) is 37.4 Å². The summed E-state index contributed by atoms with van der Waals surface area (Å²) in [5.41, 5.74) is 1.000. The molecule has 116 valence electrons. The lowest BCUT2D eigenvalue weighted by molar-refractivity contribution is 0.167. The summed E-state index contributed by atoms with van der Waals surface area (Å²) in [7, 11) is 0. The van der Waals surface area contributed by atoms with Crippen LogP contribution in [0, 0.1) is 16.7 Å². The highest BCUT2D eigenvalue weighted by atomic mass is 16.3. The molecule has 0 bridgehead atoms. The molecule has 0 amide bonds. The molecule has 0 spiro atoms. The second kappa shape index (κ2) is 7.40. The maximum absolute atomic E-state index is 10.3. The fourth-order valence-electron chi connectivity index (χ4n) is 2.56. The van der Waals surface area contributed by atoms with Crippen LogP contribution in [0.15, 0.2) is 42.5 Å². The Morgan fingerprint density at radius 2 is 1.91 bits per heavy atom. The number of benzene rings is 2. The molecule has 2 N–H and O–H groups in total. The Labute approximate surface area is 132 Å². The fourth-order valence-corrected chi connectivity index (χ4v) is 2.56. The molecule has 1 atom stereocenters. The molecule has 0 radical (unpaired) electrons. The third kappa shape index (κ3) is 4.56. The fraction of sp³-hybridized carbons (Fsp3) is 0.421. The topological polar surface area (TPSA) is 56.0 Å². The number of fused-ring (bicyclic) bond motifs is 1. The van der Waals surface area contributed by atoms with Gasteiger partial charge in [0.15, 0.2) is 0 Å². The summed E-state index contributed by atoms with van der Waals surface area (Å²) in [6.07, 6.45) is 0.918. The van der Waals surface area contributed by atoms with E-state index in [-0.39, 0.29) is 5.41 Å². The maximum atomic E-state index is 10.3. The highest BCUT2D eigenvalue weighted by molar-refractivity contribution is 5.83. The summed E-state index contributed by atoms with van der Waals surface area (Å²) in [4.78, 5) is 0. The molecule has 2 aromatic rings. The minimum atomic E-state index is -0.517. The molecule has 1 unspecified atom stereocenters. The average Bonchev–Trinajstić information content (AvgIpc) is 2.52. The lowest BCUT2D eigenvalue weighted by atomic mass is 9.88. The first-order valence-corrected chi connectivity index (χ1v) is 7.76. The highest BCUT2D eigenvalue weighted by Gasteiger charge is 2.17. The van der Waals surface area contributed by atoms with Gasteiger partial charge in [0.1, 0.15) is 0 Å². The molecule has 3 heteroatoms. The van der Waals surface area contributed by atoms with Crippen LogP contribution in [0.1, 0.15) is 38.4 Å². The standard InChI is InChI=1S/C19H24N2O/c1-19(2,10-5-11-20)14-21-13-18(22)17-9-8-15-6-3-4-7-16(15)12-17/h3-4,6-9,12,18,21-22H,5,10,13-14H2,1-2H3. The van der Waals surface area contributed by atoms with Gasteiger partial charge in [0.25, 0.3) is 0 Å². The molecule has 0 fully saturated rings. The normalized spacial score (nSPS) is 13.0. The summed E-state index contributed by atoms with van der Waals surface area (Å²) in [5.74, 6) is 0. The lowest BCUT2D eigenvalue weighted by Gasteiger charge is -2.24. The number of hydrogen-bond donors (Lipinski definition) is 2. The Morgan fingerprint density at radius 3 is 2.64 bits per heavy atom. The molecule has 0 aromatic heterocycles. The van der Waals surface area contributed by atoms with Crippen LogP contribution in [0.25, 0.3) is 10.8 Å². The van der Waals surface area contributed by atoms with Crippen LogP contribution < -0.4 is 5.32 Å². The number of aliphatic hydroxyl groups excluding tert-OH is 1. The average molecular weight is 296 g/mol. The highest BCUT2D eigenvalue weighted by Crippen LogP contribution is 2.22. The van der Waals surface area contributed by atoms with Gasteiger partial charge in [-0.3, -0.25) is 0 Å². The van der Waals surface area contributed by atoms with E-state index in [0.717, 1.165) is 23.9 Å². The van der Waals surface area contributed by atoms with Crippen molar-refractivity contribution >= 4 is 10.8 Å². The predicted molar refractivity (Wildman–Crippen MR) is 90.4 cm³/mol. The van der Waals surface area contributed by atoms with E-state index in [9.17, 15) is 5.11 Å². The molecule has 22 heavy (non-hydrogen) atoms. The van der Waals surface area contributed by atoms with Crippen molar-refractivity contribution in [1.82, 2.24) is 5.32 Å². The van der Waals surface area contributed by atoms with Crippen molar-refractivity contribution in [2.24, 2.45) is 5.41 Å². The van der Waals surface area contributed by atoms with E-state index < -0.39 is 6.10 Å². The first-order chi connectivity index (χ1) is 10.5. The van der Waals surface area contributed by atoms with Crippen LogP contribution in [0.2, 0.25) is 0 Å². The number of nitrogens with one attached hydrogen (secondary N) is 1. The van der Waals surface area contributed by atoms with E-state index >= 15 is 0 Å². The predicted octanol–water partition coefficient (Wildman–Crippen LogP) is 3.79. The number of hydrogen-bond acceptors (Lipinski definition) is 3. The summed E-state index contributed by atoms with van der Waals surface area (Å²) in [6, 6.07) is 16.4. The smallest absolute Gasteiger partial charge is 0.0914 e. The Morgan fingerprint density at radius 1 is 1.18 bits per heavy atom. The molecule has 0 aliphatic carbocycles. The zero-order chi connectivity index (χ0) is 16.0. The van der Waals surface area contributed by atoms with Crippen LogP contribution in [-0.2, 0) is 0 Å². The van der Waals surface area contributed by atoms with Gasteiger partial charge in [-0.1, -0.05) is 50.2 Å². The van der Waals surface area contributed by atoms with E-state index in [1.54, 1.807) is 0 Å².